The lowest BCUT2D eigenvalue weighted by Crippen LogP contribution is -2.45. The van der Waals surface area contributed by atoms with E-state index < -0.39 is 10.0 Å². The average molecular weight is 317 g/mol. The molecule has 1 saturated heterocycles. The first-order chi connectivity index (χ1) is 10.0. The molecule has 21 heavy (non-hydrogen) atoms. The van der Waals surface area contributed by atoms with E-state index >= 15 is 0 Å². The largest absolute Gasteiger partial charge is 0.314 e. The Morgan fingerprint density at radius 2 is 1.71 bits per heavy atom. The summed E-state index contributed by atoms with van der Waals surface area (Å²) in [7, 11) is -3.03. The van der Waals surface area contributed by atoms with Gasteiger partial charge in [-0.3, -0.25) is 0 Å². The van der Waals surface area contributed by atoms with Crippen molar-refractivity contribution >= 4 is 10.0 Å². The molecule has 0 amide bonds. The van der Waals surface area contributed by atoms with Gasteiger partial charge >= 0.3 is 0 Å². The van der Waals surface area contributed by atoms with Gasteiger partial charge in [0.1, 0.15) is 0 Å². The summed E-state index contributed by atoms with van der Waals surface area (Å²) in [6.45, 7) is 6.77. The van der Waals surface area contributed by atoms with Crippen LogP contribution in [0.5, 0.6) is 0 Å². The maximum atomic E-state index is 12.6. The molecule has 0 aromatic carbocycles. The summed E-state index contributed by atoms with van der Waals surface area (Å²) in [6.07, 6.45) is 7.91. The highest BCUT2D eigenvalue weighted by atomic mass is 32.2. The molecule has 1 atom stereocenters. The Labute approximate surface area is 130 Å². The lowest BCUT2D eigenvalue weighted by atomic mass is 9.91. The third kappa shape index (κ3) is 4.93. The van der Waals surface area contributed by atoms with Crippen LogP contribution in [0.4, 0.5) is 0 Å². The topological polar surface area (TPSA) is 49.4 Å². The lowest BCUT2D eigenvalue weighted by Gasteiger charge is -2.35. The summed E-state index contributed by atoms with van der Waals surface area (Å²) < 4.78 is 26.9. The van der Waals surface area contributed by atoms with Crippen molar-refractivity contribution < 1.29 is 8.42 Å². The number of piperidine rings is 1. The molecule has 2 fully saturated rings. The Bertz CT molecular complexity index is 397. The summed E-state index contributed by atoms with van der Waals surface area (Å²) in [5.41, 5.74) is 0. The second-order valence-electron chi connectivity index (χ2n) is 6.87. The monoisotopic (exact) mass is 316 g/mol. The first-order valence-electron chi connectivity index (χ1n) is 8.74. The van der Waals surface area contributed by atoms with Gasteiger partial charge in [-0.1, -0.05) is 26.2 Å². The van der Waals surface area contributed by atoms with Gasteiger partial charge in [0, 0.05) is 19.1 Å². The fourth-order valence-electron chi connectivity index (χ4n) is 3.90. The molecule has 1 heterocycles. The standard InChI is InChI=1S/C16H32N2O2S/c1-3-17-14(2)16-9-11-18(12-10-16)21(19,20)13-15-7-5-4-6-8-15/h14-17H,3-13H2,1-2H3. The minimum atomic E-state index is -3.03. The highest BCUT2D eigenvalue weighted by Crippen LogP contribution is 2.28. The quantitative estimate of drug-likeness (QED) is 0.819. The Morgan fingerprint density at radius 3 is 2.29 bits per heavy atom. The van der Waals surface area contributed by atoms with Crippen molar-refractivity contribution in [2.24, 2.45) is 11.8 Å². The number of rotatable bonds is 6. The van der Waals surface area contributed by atoms with Crippen LogP contribution in [-0.2, 0) is 10.0 Å². The molecule has 1 aliphatic carbocycles. The van der Waals surface area contributed by atoms with Crippen LogP contribution in [-0.4, -0.2) is 44.2 Å². The van der Waals surface area contributed by atoms with Gasteiger partial charge in [0.15, 0.2) is 0 Å². The van der Waals surface area contributed by atoms with Gasteiger partial charge in [0.25, 0.3) is 0 Å². The summed E-state index contributed by atoms with van der Waals surface area (Å²) in [4.78, 5) is 0. The van der Waals surface area contributed by atoms with E-state index in [0.29, 0.717) is 23.6 Å². The highest BCUT2D eigenvalue weighted by Gasteiger charge is 2.31. The van der Waals surface area contributed by atoms with Gasteiger partial charge in [0.2, 0.25) is 10.0 Å². The van der Waals surface area contributed by atoms with E-state index in [1.165, 1.54) is 19.3 Å². The minimum absolute atomic E-state index is 0.389. The zero-order valence-corrected chi connectivity index (χ0v) is 14.5. The lowest BCUT2D eigenvalue weighted by molar-refractivity contribution is 0.231. The molecule has 5 heteroatoms. The van der Waals surface area contributed by atoms with E-state index in [9.17, 15) is 8.42 Å². The molecular formula is C16H32N2O2S. The van der Waals surface area contributed by atoms with Gasteiger partial charge in [-0.15, -0.1) is 0 Å². The van der Waals surface area contributed by atoms with E-state index in [4.69, 9.17) is 0 Å². The van der Waals surface area contributed by atoms with Gasteiger partial charge in [0.05, 0.1) is 5.75 Å². The predicted octanol–water partition coefficient (Wildman–Crippen LogP) is 2.61. The molecule has 2 rings (SSSR count). The normalized spacial score (nSPS) is 25.0. The van der Waals surface area contributed by atoms with Crippen LogP contribution in [0.3, 0.4) is 0 Å². The number of nitrogens with zero attached hydrogens (tertiary/aromatic N) is 1. The fraction of sp³-hybridized carbons (Fsp3) is 1.00. The van der Waals surface area contributed by atoms with Crippen molar-refractivity contribution in [1.82, 2.24) is 9.62 Å². The highest BCUT2D eigenvalue weighted by molar-refractivity contribution is 7.89. The molecule has 0 aromatic rings. The predicted molar refractivity (Wildman–Crippen MR) is 87.8 cm³/mol. The SMILES string of the molecule is CCNC(C)C1CCN(S(=O)(=O)CC2CCCCC2)CC1. The van der Waals surface area contributed by atoms with Crippen molar-refractivity contribution in [2.45, 2.75) is 64.8 Å². The van der Waals surface area contributed by atoms with E-state index in [2.05, 4.69) is 19.2 Å². The molecule has 124 valence electrons. The van der Waals surface area contributed by atoms with E-state index in [1.807, 2.05) is 0 Å². The van der Waals surface area contributed by atoms with E-state index in [1.54, 1.807) is 4.31 Å². The molecule has 1 saturated carbocycles. The second-order valence-corrected chi connectivity index (χ2v) is 8.88. The molecular weight excluding hydrogens is 284 g/mol. The van der Waals surface area contributed by atoms with Crippen molar-refractivity contribution in [3.8, 4) is 0 Å². The van der Waals surface area contributed by atoms with Crippen LogP contribution in [0.1, 0.15) is 58.8 Å². The van der Waals surface area contributed by atoms with Gasteiger partial charge in [-0.25, -0.2) is 12.7 Å². The smallest absolute Gasteiger partial charge is 0.214 e. The third-order valence-electron chi connectivity index (χ3n) is 5.30. The Hall–Kier alpha value is -0.130. The maximum Gasteiger partial charge on any atom is 0.214 e. The summed E-state index contributed by atoms with van der Waals surface area (Å²) >= 11 is 0. The third-order valence-corrected chi connectivity index (χ3v) is 7.34. The first-order valence-corrected chi connectivity index (χ1v) is 10.3. The van der Waals surface area contributed by atoms with Crippen LogP contribution < -0.4 is 5.32 Å². The Kier molecular flexibility index (Phi) is 6.51. The zero-order valence-electron chi connectivity index (χ0n) is 13.7. The first kappa shape index (κ1) is 17.2. The molecule has 0 bridgehead atoms. The van der Waals surface area contributed by atoms with Crippen molar-refractivity contribution in [1.29, 1.82) is 0 Å². The molecule has 0 spiro atoms. The van der Waals surface area contributed by atoms with Crippen LogP contribution in [0.25, 0.3) is 0 Å². The summed E-state index contributed by atoms with van der Waals surface area (Å²) in [5, 5.41) is 3.47. The van der Waals surface area contributed by atoms with Crippen molar-refractivity contribution in [2.75, 3.05) is 25.4 Å². The van der Waals surface area contributed by atoms with Gasteiger partial charge in [-0.2, -0.15) is 0 Å². The average Bonchev–Trinajstić information content (AvgIpc) is 2.48. The summed E-state index contributed by atoms with van der Waals surface area (Å²) in [5.74, 6) is 1.41. The van der Waals surface area contributed by atoms with Gasteiger partial charge < -0.3 is 5.32 Å². The van der Waals surface area contributed by atoms with E-state index in [-0.39, 0.29) is 0 Å². The number of sulfonamides is 1. The number of nitrogens with one attached hydrogen (secondary N) is 1. The number of hydrogen-bond donors (Lipinski definition) is 1. The second kappa shape index (κ2) is 7.93. The Morgan fingerprint density at radius 1 is 1.10 bits per heavy atom. The molecule has 4 nitrogen and oxygen atoms in total. The molecule has 1 unspecified atom stereocenters. The number of hydrogen-bond acceptors (Lipinski definition) is 3. The maximum absolute atomic E-state index is 12.6. The Balaban J connectivity index is 1.82. The molecule has 0 radical (unpaired) electrons. The van der Waals surface area contributed by atoms with Crippen molar-refractivity contribution in [3.05, 3.63) is 0 Å². The van der Waals surface area contributed by atoms with Crippen LogP contribution in [0, 0.1) is 11.8 Å². The molecule has 0 aromatic heterocycles. The molecule has 1 N–H and O–H groups in total. The van der Waals surface area contributed by atoms with E-state index in [0.717, 1.165) is 45.3 Å². The fourth-order valence-corrected chi connectivity index (χ4v) is 5.81. The van der Waals surface area contributed by atoms with Crippen LogP contribution in [0.15, 0.2) is 0 Å². The van der Waals surface area contributed by atoms with Gasteiger partial charge in [-0.05, 0) is 51.0 Å². The van der Waals surface area contributed by atoms with Crippen LogP contribution in [0.2, 0.25) is 0 Å². The minimum Gasteiger partial charge on any atom is -0.314 e. The molecule has 1 aliphatic heterocycles. The zero-order chi connectivity index (χ0) is 15.3. The van der Waals surface area contributed by atoms with Crippen molar-refractivity contribution in [3.63, 3.8) is 0 Å². The molecule has 2 aliphatic rings. The van der Waals surface area contributed by atoms with Crippen LogP contribution >= 0.6 is 0 Å². The summed E-state index contributed by atoms with van der Waals surface area (Å²) in [6, 6.07) is 0.498.